The fourth-order valence-corrected chi connectivity index (χ4v) is 2.24. The molecule has 0 saturated heterocycles. The molecule has 0 heterocycles. The van der Waals surface area contributed by atoms with Crippen molar-refractivity contribution < 1.29 is 9.50 Å². The van der Waals surface area contributed by atoms with E-state index in [4.69, 9.17) is 11.0 Å². The van der Waals surface area contributed by atoms with Crippen molar-refractivity contribution in [3.63, 3.8) is 0 Å². The zero-order chi connectivity index (χ0) is 14.5. The highest BCUT2D eigenvalue weighted by Crippen LogP contribution is 2.28. The van der Waals surface area contributed by atoms with E-state index in [0.29, 0.717) is 5.56 Å². The molecule has 0 unspecified atom stereocenters. The maximum absolute atomic E-state index is 13.0. The third-order valence-corrected chi connectivity index (χ3v) is 3.23. The molecule has 0 aliphatic heterocycles. The van der Waals surface area contributed by atoms with Crippen LogP contribution in [0, 0.1) is 17.1 Å². The Hall–Kier alpha value is -2.22. The summed E-state index contributed by atoms with van der Waals surface area (Å²) in [4.78, 5) is 0. The van der Waals surface area contributed by atoms with Gasteiger partial charge in [0.15, 0.2) is 0 Å². The Labute approximate surface area is 117 Å². The van der Waals surface area contributed by atoms with Crippen LogP contribution >= 0.6 is 0 Å². The summed E-state index contributed by atoms with van der Waals surface area (Å²) < 4.78 is 13.0. The van der Waals surface area contributed by atoms with Gasteiger partial charge in [-0.25, -0.2) is 4.39 Å². The highest BCUT2D eigenvalue weighted by Gasteiger charge is 2.22. The molecular weight excluding hydrogens is 255 g/mol. The topological polar surface area (TPSA) is 70.0 Å². The van der Waals surface area contributed by atoms with Gasteiger partial charge in [0.25, 0.3) is 0 Å². The lowest BCUT2D eigenvalue weighted by molar-refractivity contribution is 0.164. The van der Waals surface area contributed by atoms with Crippen molar-refractivity contribution in [1.29, 1.82) is 5.26 Å². The number of aliphatic hydroxyl groups excluding tert-OH is 1. The van der Waals surface area contributed by atoms with E-state index >= 15 is 0 Å². The second-order valence-electron chi connectivity index (χ2n) is 4.57. The molecule has 3 nitrogen and oxygen atoms in total. The molecule has 102 valence electrons. The molecule has 2 aromatic rings. The maximum Gasteiger partial charge on any atom is 0.123 e. The monoisotopic (exact) mass is 270 g/mol. The minimum absolute atomic E-state index is 0.0822. The van der Waals surface area contributed by atoms with Gasteiger partial charge in [0.2, 0.25) is 0 Å². The molecule has 4 heteroatoms. The van der Waals surface area contributed by atoms with Gasteiger partial charge >= 0.3 is 0 Å². The Morgan fingerprint density at radius 1 is 1.15 bits per heavy atom. The van der Waals surface area contributed by atoms with E-state index in [1.165, 1.54) is 12.1 Å². The smallest absolute Gasteiger partial charge is 0.123 e. The van der Waals surface area contributed by atoms with E-state index < -0.39 is 6.10 Å². The van der Waals surface area contributed by atoms with Gasteiger partial charge in [-0.1, -0.05) is 24.3 Å². The van der Waals surface area contributed by atoms with Crippen molar-refractivity contribution in [2.75, 3.05) is 6.54 Å². The molecule has 20 heavy (non-hydrogen) atoms. The van der Waals surface area contributed by atoms with Crippen LogP contribution in [0.5, 0.6) is 0 Å². The van der Waals surface area contributed by atoms with Gasteiger partial charge in [0.1, 0.15) is 5.82 Å². The van der Waals surface area contributed by atoms with E-state index in [1.54, 1.807) is 30.3 Å². The van der Waals surface area contributed by atoms with Crippen molar-refractivity contribution in [3.8, 4) is 6.07 Å². The molecule has 0 saturated carbocycles. The van der Waals surface area contributed by atoms with Crippen molar-refractivity contribution in [1.82, 2.24) is 0 Å². The molecule has 0 bridgehead atoms. The Bertz CT molecular complexity index is 619. The summed E-state index contributed by atoms with van der Waals surface area (Å²) in [6.45, 7) is 0.0822. The van der Waals surface area contributed by atoms with Crippen molar-refractivity contribution in [2.24, 2.45) is 5.73 Å². The first-order chi connectivity index (χ1) is 9.65. The summed E-state index contributed by atoms with van der Waals surface area (Å²) in [5.41, 5.74) is 7.62. The van der Waals surface area contributed by atoms with Crippen molar-refractivity contribution >= 4 is 0 Å². The average molecular weight is 270 g/mol. The zero-order valence-electron chi connectivity index (χ0n) is 10.8. The largest absolute Gasteiger partial charge is 0.391 e. The molecule has 0 spiro atoms. The highest BCUT2D eigenvalue weighted by atomic mass is 19.1. The lowest BCUT2D eigenvalue weighted by Gasteiger charge is -2.23. The van der Waals surface area contributed by atoms with E-state index in [0.717, 1.165) is 11.1 Å². The van der Waals surface area contributed by atoms with Crippen LogP contribution in [0.4, 0.5) is 4.39 Å². The van der Waals surface area contributed by atoms with E-state index in [-0.39, 0.29) is 18.3 Å². The van der Waals surface area contributed by atoms with Gasteiger partial charge in [0.05, 0.1) is 17.7 Å². The Balaban J connectivity index is 2.47. The second kappa shape index (κ2) is 6.29. The van der Waals surface area contributed by atoms with Crippen LogP contribution < -0.4 is 5.73 Å². The van der Waals surface area contributed by atoms with Crippen LogP contribution in [-0.4, -0.2) is 17.8 Å². The third-order valence-electron chi connectivity index (χ3n) is 3.23. The molecular formula is C16H15FN2O. The number of hydrogen-bond donors (Lipinski definition) is 2. The summed E-state index contributed by atoms with van der Waals surface area (Å²) in [7, 11) is 0. The minimum atomic E-state index is -0.797. The summed E-state index contributed by atoms with van der Waals surface area (Å²) in [6, 6.07) is 15.0. The number of nitrogens with two attached hydrogens (primary N) is 1. The van der Waals surface area contributed by atoms with Crippen LogP contribution in [-0.2, 0) is 0 Å². The van der Waals surface area contributed by atoms with Crippen LogP contribution in [0.2, 0.25) is 0 Å². The fraction of sp³-hybridized carbons (Fsp3) is 0.188. The number of aliphatic hydroxyl groups is 1. The fourth-order valence-electron chi connectivity index (χ4n) is 2.24. The van der Waals surface area contributed by atoms with Crippen molar-refractivity contribution in [3.05, 3.63) is 71.0 Å². The first-order valence-corrected chi connectivity index (χ1v) is 6.29. The Morgan fingerprint density at radius 2 is 1.85 bits per heavy atom. The molecule has 0 aliphatic rings. The van der Waals surface area contributed by atoms with E-state index in [9.17, 15) is 9.50 Å². The summed E-state index contributed by atoms with van der Waals surface area (Å²) in [5, 5.41) is 19.1. The van der Waals surface area contributed by atoms with E-state index in [1.807, 2.05) is 6.07 Å². The molecule has 0 amide bonds. The first-order valence-electron chi connectivity index (χ1n) is 6.29. The first kappa shape index (κ1) is 14.2. The normalized spacial score (nSPS) is 13.5. The van der Waals surface area contributed by atoms with Gasteiger partial charge in [0, 0.05) is 12.5 Å². The summed E-state index contributed by atoms with van der Waals surface area (Å²) in [6.07, 6.45) is -0.797. The van der Waals surface area contributed by atoms with Gasteiger partial charge in [-0.05, 0) is 35.4 Å². The molecule has 3 N–H and O–H groups in total. The number of hydrogen-bond acceptors (Lipinski definition) is 3. The van der Waals surface area contributed by atoms with Crippen molar-refractivity contribution in [2.45, 2.75) is 12.0 Å². The molecule has 0 aliphatic carbocycles. The number of nitrogens with zero attached hydrogens (tertiary/aromatic N) is 1. The maximum atomic E-state index is 13.0. The highest BCUT2D eigenvalue weighted by molar-refractivity contribution is 5.40. The minimum Gasteiger partial charge on any atom is -0.391 e. The van der Waals surface area contributed by atoms with Gasteiger partial charge < -0.3 is 10.8 Å². The predicted molar refractivity (Wildman–Crippen MR) is 74.5 cm³/mol. The quantitative estimate of drug-likeness (QED) is 0.894. The lowest BCUT2D eigenvalue weighted by Crippen LogP contribution is -2.28. The lowest BCUT2D eigenvalue weighted by atomic mass is 9.86. The van der Waals surface area contributed by atoms with Crippen LogP contribution in [0.15, 0.2) is 48.5 Å². The number of nitriles is 1. The SMILES string of the molecule is N#Cc1cccc([C@H](c2ccc(F)cc2)[C@@H](O)CN)c1. The van der Waals surface area contributed by atoms with Gasteiger partial charge in [-0.15, -0.1) is 0 Å². The third kappa shape index (κ3) is 3.02. The Kier molecular flexibility index (Phi) is 4.46. The van der Waals surface area contributed by atoms with Gasteiger partial charge in [-0.3, -0.25) is 0 Å². The predicted octanol–water partition coefficient (Wildman–Crippen LogP) is 2.15. The van der Waals surface area contributed by atoms with E-state index in [2.05, 4.69) is 6.07 Å². The molecule has 2 atom stereocenters. The molecule has 2 aromatic carbocycles. The van der Waals surface area contributed by atoms with Crippen LogP contribution in [0.3, 0.4) is 0 Å². The standard InChI is InChI=1S/C16H15FN2O/c17-14-6-4-12(5-7-14)16(15(20)10-19)13-3-1-2-11(8-13)9-18/h1-8,15-16,20H,10,19H2/t15-,16-/m0/s1. The number of benzene rings is 2. The molecule has 0 fully saturated rings. The number of halogens is 1. The molecule has 0 aromatic heterocycles. The summed E-state index contributed by atoms with van der Waals surface area (Å²) in [5.74, 6) is -0.714. The Morgan fingerprint density at radius 3 is 2.45 bits per heavy atom. The second-order valence-corrected chi connectivity index (χ2v) is 4.57. The molecule has 2 rings (SSSR count). The zero-order valence-corrected chi connectivity index (χ0v) is 10.8. The molecule has 0 radical (unpaired) electrons. The van der Waals surface area contributed by atoms with Crippen LogP contribution in [0.1, 0.15) is 22.6 Å². The average Bonchev–Trinajstić information content (AvgIpc) is 2.49. The summed E-state index contributed by atoms with van der Waals surface area (Å²) >= 11 is 0. The van der Waals surface area contributed by atoms with Crippen LogP contribution in [0.25, 0.3) is 0 Å². The number of rotatable bonds is 4. The van der Waals surface area contributed by atoms with Gasteiger partial charge in [-0.2, -0.15) is 5.26 Å².